The number of hydrogen-bond donors (Lipinski definition) is 2. The van der Waals surface area contributed by atoms with Crippen LogP contribution in [0, 0.1) is 5.82 Å². The number of aliphatic imine (C=N–C) groups is 1. The fourth-order valence-corrected chi connectivity index (χ4v) is 4.63. The van der Waals surface area contributed by atoms with Gasteiger partial charge in [0.2, 0.25) is 11.6 Å². The summed E-state index contributed by atoms with van der Waals surface area (Å²) >= 11 is 0. The molecule has 0 saturated heterocycles. The van der Waals surface area contributed by atoms with Crippen molar-refractivity contribution in [3.8, 4) is 17.2 Å². The molecule has 0 radical (unpaired) electrons. The number of phenols is 2. The molecule has 1 spiro atoms. The molecule has 3 aromatic rings. The van der Waals surface area contributed by atoms with Gasteiger partial charge in [-0.15, -0.1) is 0 Å². The van der Waals surface area contributed by atoms with Crippen molar-refractivity contribution in [1.82, 2.24) is 0 Å². The Morgan fingerprint density at radius 2 is 1.87 bits per heavy atom. The molecule has 0 aliphatic carbocycles. The van der Waals surface area contributed by atoms with Crippen molar-refractivity contribution in [2.75, 3.05) is 11.5 Å². The predicted octanol–water partition coefficient (Wildman–Crippen LogP) is 4.59. The Kier molecular flexibility index (Phi) is 3.22. The summed E-state index contributed by atoms with van der Waals surface area (Å²) in [5, 5.41) is 19.9. The molecule has 6 rings (SSSR count). The van der Waals surface area contributed by atoms with Crippen molar-refractivity contribution in [2.24, 2.45) is 4.99 Å². The Bertz CT molecular complexity index is 1310. The van der Waals surface area contributed by atoms with Crippen LogP contribution in [-0.2, 0) is 18.1 Å². The Hall–Kier alpha value is -3.69. The highest BCUT2D eigenvalue weighted by atomic mass is 19.4. The van der Waals surface area contributed by atoms with E-state index in [9.17, 15) is 23.4 Å². The zero-order valence-electron chi connectivity index (χ0n) is 15.5. The van der Waals surface area contributed by atoms with Gasteiger partial charge in [-0.05, 0) is 24.3 Å². The Morgan fingerprint density at radius 1 is 1.10 bits per heavy atom. The summed E-state index contributed by atoms with van der Waals surface area (Å²) in [7, 11) is 0. The van der Waals surface area contributed by atoms with Crippen LogP contribution in [0.2, 0.25) is 0 Å². The molecule has 0 saturated carbocycles. The standard InChI is InChI=1S/C21H12F4N2O4/c22-11-2-1-3-12-17(11)20(8-30-15-6-14(29)13(28)5-10(15)20)19-26-18-9(7-27(12)19)4-16(31-18)21(23,24)25/h1-6,28-29H,7-8H2. The number of phenolic OH excluding ortho intramolecular Hbond substituents is 2. The summed E-state index contributed by atoms with van der Waals surface area (Å²) in [5.74, 6) is -2.32. The average molecular weight is 432 g/mol. The van der Waals surface area contributed by atoms with Crippen LogP contribution in [0.4, 0.5) is 29.1 Å². The number of alkyl halides is 3. The van der Waals surface area contributed by atoms with Gasteiger partial charge in [-0.2, -0.15) is 18.2 Å². The van der Waals surface area contributed by atoms with Gasteiger partial charge in [0.1, 0.15) is 29.4 Å². The number of anilines is 1. The van der Waals surface area contributed by atoms with Crippen LogP contribution in [0.5, 0.6) is 17.2 Å². The van der Waals surface area contributed by atoms with Crippen molar-refractivity contribution in [2.45, 2.75) is 18.1 Å². The van der Waals surface area contributed by atoms with Crippen molar-refractivity contribution in [3.63, 3.8) is 0 Å². The minimum atomic E-state index is -4.67. The first kappa shape index (κ1) is 18.1. The van der Waals surface area contributed by atoms with Crippen molar-refractivity contribution in [1.29, 1.82) is 0 Å². The molecule has 0 fully saturated rings. The van der Waals surface area contributed by atoms with Crippen molar-refractivity contribution >= 4 is 17.4 Å². The SMILES string of the molecule is Oc1cc2c(cc1O)C1(CO2)C2=Nc3oc(C(F)(F)F)cc3CN2c2cccc(F)c21. The molecule has 0 amide bonds. The van der Waals surface area contributed by atoms with Gasteiger partial charge in [-0.25, -0.2) is 4.39 Å². The normalized spacial score (nSPS) is 20.8. The van der Waals surface area contributed by atoms with Gasteiger partial charge < -0.3 is 24.3 Å². The first-order valence-corrected chi connectivity index (χ1v) is 9.25. The van der Waals surface area contributed by atoms with Gasteiger partial charge in [0.05, 0.1) is 12.2 Å². The first-order chi connectivity index (χ1) is 14.7. The lowest BCUT2D eigenvalue weighted by Gasteiger charge is -2.29. The topological polar surface area (TPSA) is 78.4 Å². The molecular weight excluding hydrogens is 420 g/mol. The van der Waals surface area contributed by atoms with Gasteiger partial charge in [-0.3, -0.25) is 0 Å². The lowest BCUT2D eigenvalue weighted by Crippen LogP contribution is -2.43. The molecule has 31 heavy (non-hydrogen) atoms. The fourth-order valence-electron chi connectivity index (χ4n) is 4.63. The smallest absolute Gasteiger partial charge is 0.449 e. The second-order valence-electron chi connectivity index (χ2n) is 7.63. The number of amidine groups is 1. The van der Waals surface area contributed by atoms with Gasteiger partial charge in [-0.1, -0.05) is 6.07 Å². The van der Waals surface area contributed by atoms with Gasteiger partial charge in [0.15, 0.2) is 11.5 Å². The minimum absolute atomic E-state index is 0.00858. The first-order valence-electron chi connectivity index (χ1n) is 9.25. The molecule has 0 bridgehead atoms. The summed E-state index contributed by atoms with van der Waals surface area (Å²) < 4.78 is 65.3. The van der Waals surface area contributed by atoms with Crippen LogP contribution < -0.4 is 9.64 Å². The van der Waals surface area contributed by atoms with E-state index in [0.29, 0.717) is 11.3 Å². The zero-order valence-corrected chi connectivity index (χ0v) is 15.5. The Balaban J connectivity index is 1.64. The molecule has 158 valence electrons. The lowest BCUT2D eigenvalue weighted by atomic mass is 9.76. The highest BCUT2D eigenvalue weighted by Gasteiger charge is 2.58. The molecule has 2 aromatic carbocycles. The van der Waals surface area contributed by atoms with E-state index >= 15 is 4.39 Å². The number of nitrogens with zero attached hydrogens (tertiary/aromatic N) is 2. The molecular formula is C21H12F4N2O4. The number of fused-ring (bicyclic) bond motifs is 8. The summed E-state index contributed by atoms with van der Waals surface area (Å²) in [6.45, 7) is -0.123. The highest BCUT2D eigenvalue weighted by molar-refractivity contribution is 6.16. The van der Waals surface area contributed by atoms with Crippen LogP contribution in [0.15, 0.2) is 45.8 Å². The second kappa shape index (κ2) is 5.51. The van der Waals surface area contributed by atoms with Gasteiger partial charge in [0.25, 0.3) is 0 Å². The van der Waals surface area contributed by atoms with Gasteiger partial charge >= 0.3 is 6.18 Å². The van der Waals surface area contributed by atoms with Crippen LogP contribution >= 0.6 is 0 Å². The third-order valence-corrected chi connectivity index (χ3v) is 5.93. The number of benzene rings is 2. The molecule has 4 heterocycles. The molecule has 3 aliphatic heterocycles. The fraction of sp³-hybridized carbons (Fsp3) is 0.190. The number of halogens is 4. The van der Waals surface area contributed by atoms with E-state index in [1.807, 2.05) is 0 Å². The monoisotopic (exact) mass is 432 g/mol. The maximum atomic E-state index is 15.2. The summed E-state index contributed by atoms with van der Waals surface area (Å²) in [4.78, 5) is 5.99. The second-order valence-corrected chi connectivity index (χ2v) is 7.63. The molecule has 6 nitrogen and oxygen atoms in total. The molecule has 2 N–H and O–H groups in total. The lowest BCUT2D eigenvalue weighted by molar-refractivity contribution is -0.152. The Morgan fingerprint density at radius 3 is 2.65 bits per heavy atom. The average Bonchev–Trinajstić information content (AvgIpc) is 3.36. The third kappa shape index (κ3) is 2.19. The maximum Gasteiger partial charge on any atom is 0.449 e. The van der Waals surface area contributed by atoms with Crippen LogP contribution in [0.25, 0.3) is 0 Å². The van der Waals surface area contributed by atoms with E-state index in [0.717, 1.165) is 6.07 Å². The third-order valence-electron chi connectivity index (χ3n) is 5.93. The zero-order chi connectivity index (χ0) is 21.7. The number of ether oxygens (including phenoxy) is 1. The van der Waals surface area contributed by atoms with E-state index in [1.165, 1.54) is 24.3 Å². The van der Waals surface area contributed by atoms with E-state index in [2.05, 4.69) is 4.99 Å². The van der Waals surface area contributed by atoms with E-state index in [4.69, 9.17) is 9.15 Å². The van der Waals surface area contributed by atoms with Gasteiger partial charge in [0, 0.05) is 22.8 Å². The summed E-state index contributed by atoms with van der Waals surface area (Å²) in [5.41, 5.74) is -0.0937. The summed E-state index contributed by atoms with van der Waals surface area (Å²) in [6, 6.07) is 7.79. The number of rotatable bonds is 0. The number of aromatic hydroxyl groups is 2. The summed E-state index contributed by atoms with van der Waals surface area (Å²) in [6.07, 6.45) is -4.67. The molecule has 1 aromatic heterocycles. The molecule has 3 aliphatic rings. The predicted molar refractivity (Wildman–Crippen MR) is 99.4 cm³/mol. The number of hydrogen-bond acceptors (Lipinski definition) is 6. The molecule has 1 unspecified atom stereocenters. The number of furan rings is 1. The van der Waals surface area contributed by atoms with E-state index in [-0.39, 0.29) is 41.7 Å². The maximum absolute atomic E-state index is 15.2. The largest absolute Gasteiger partial charge is 0.504 e. The van der Waals surface area contributed by atoms with Crippen molar-refractivity contribution in [3.05, 3.63) is 64.7 Å². The highest BCUT2D eigenvalue weighted by Crippen LogP contribution is 2.57. The van der Waals surface area contributed by atoms with Crippen LogP contribution in [-0.4, -0.2) is 22.7 Å². The van der Waals surface area contributed by atoms with E-state index in [1.54, 1.807) is 11.0 Å². The van der Waals surface area contributed by atoms with Crippen LogP contribution in [0.3, 0.4) is 0 Å². The van der Waals surface area contributed by atoms with Crippen molar-refractivity contribution < 1.29 is 36.9 Å². The molecule has 1 atom stereocenters. The molecule has 10 heteroatoms. The minimum Gasteiger partial charge on any atom is -0.504 e. The van der Waals surface area contributed by atoms with Crippen LogP contribution in [0.1, 0.15) is 22.5 Å². The quantitative estimate of drug-likeness (QED) is 0.401. The Labute approximate surface area is 171 Å². The van der Waals surface area contributed by atoms with E-state index < -0.39 is 34.7 Å².